The van der Waals surface area contributed by atoms with E-state index < -0.39 is 0 Å². The van der Waals surface area contributed by atoms with Crippen LogP contribution in [-0.4, -0.2) is 30.5 Å². The van der Waals surface area contributed by atoms with Crippen LogP contribution in [0.1, 0.15) is 31.9 Å². The molecule has 1 aliphatic rings. The van der Waals surface area contributed by atoms with Crippen molar-refractivity contribution in [2.45, 2.75) is 36.3 Å². The molecule has 132 valence electrons. The van der Waals surface area contributed by atoms with E-state index in [9.17, 15) is 4.79 Å². The third-order valence-electron chi connectivity index (χ3n) is 4.07. The van der Waals surface area contributed by atoms with Crippen molar-refractivity contribution in [3.63, 3.8) is 0 Å². The van der Waals surface area contributed by atoms with Crippen molar-refractivity contribution < 1.29 is 9.21 Å². The van der Waals surface area contributed by atoms with Gasteiger partial charge in [0.1, 0.15) is 5.76 Å². The van der Waals surface area contributed by atoms with Gasteiger partial charge in [0.25, 0.3) is 5.91 Å². The third kappa shape index (κ3) is 5.13. The van der Waals surface area contributed by atoms with E-state index in [1.165, 1.54) is 31.0 Å². The predicted molar refractivity (Wildman–Crippen MR) is 102 cm³/mol. The van der Waals surface area contributed by atoms with Crippen LogP contribution in [0.2, 0.25) is 0 Å². The molecule has 1 saturated heterocycles. The number of thioether (sulfide) groups is 1. The van der Waals surface area contributed by atoms with Gasteiger partial charge >= 0.3 is 0 Å². The van der Waals surface area contributed by atoms with Crippen molar-refractivity contribution in [2.24, 2.45) is 5.10 Å². The molecule has 1 aliphatic heterocycles. The van der Waals surface area contributed by atoms with Crippen LogP contribution >= 0.6 is 11.8 Å². The quantitative estimate of drug-likeness (QED) is 0.484. The first-order valence-electron chi connectivity index (χ1n) is 8.62. The molecule has 25 heavy (non-hydrogen) atoms. The largest absolute Gasteiger partial charge is 0.440 e. The Morgan fingerprint density at radius 1 is 1.20 bits per heavy atom. The summed E-state index contributed by atoms with van der Waals surface area (Å²) in [5, 5.41) is 3.79. The maximum absolute atomic E-state index is 12.1. The second kappa shape index (κ2) is 8.76. The number of hydrogen-bond acceptors (Lipinski definition) is 5. The summed E-state index contributed by atoms with van der Waals surface area (Å²) in [4.78, 5) is 15.4. The van der Waals surface area contributed by atoms with Gasteiger partial charge in [0.15, 0.2) is 5.88 Å². The van der Waals surface area contributed by atoms with Crippen LogP contribution in [0.25, 0.3) is 0 Å². The lowest BCUT2D eigenvalue weighted by Gasteiger charge is -2.25. The van der Waals surface area contributed by atoms with Crippen LogP contribution < -0.4 is 10.3 Å². The van der Waals surface area contributed by atoms with Crippen LogP contribution in [0.4, 0.5) is 5.88 Å². The summed E-state index contributed by atoms with van der Waals surface area (Å²) >= 11 is 1.50. The van der Waals surface area contributed by atoms with Crippen molar-refractivity contribution in [3.8, 4) is 0 Å². The molecule has 1 aromatic carbocycles. The lowest BCUT2D eigenvalue weighted by atomic mass is 10.1. The number of furan rings is 1. The maximum atomic E-state index is 12.1. The summed E-state index contributed by atoms with van der Waals surface area (Å²) in [7, 11) is 0. The topological polar surface area (TPSA) is 57.8 Å². The molecule has 1 atom stereocenters. The number of anilines is 1. The van der Waals surface area contributed by atoms with Crippen molar-refractivity contribution in [1.82, 2.24) is 5.43 Å². The summed E-state index contributed by atoms with van der Waals surface area (Å²) < 4.78 is 5.78. The van der Waals surface area contributed by atoms with Crippen molar-refractivity contribution in [3.05, 3.63) is 48.2 Å². The van der Waals surface area contributed by atoms with E-state index >= 15 is 0 Å². The average molecular weight is 357 g/mol. The minimum atomic E-state index is -0.222. The second-order valence-electron chi connectivity index (χ2n) is 6.03. The molecule has 2 heterocycles. The molecule has 6 heteroatoms. The molecule has 2 aromatic rings. The first-order chi connectivity index (χ1) is 12.2. The van der Waals surface area contributed by atoms with Gasteiger partial charge in [-0.3, -0.25) is 4.79 Å². The zero-order valence-corrected chi connectivity index (χ0v) is 15.2. The Labute approximate surface area is 152 Å². The monoisotopic (exact) mass is 357 g/mol. The van der Waals surface area contributed by atoms with Gasteiger partial charge in [-0.2, -0.15) is 5.10 Å². The first-order valence-corrected chi connectivity index (χ1v) is 9.50. The van der Waals surface area contributed by atoms with E-state index in [4.69, 9.17) is 4.42 Å². The highest BCUT2D eigenvalue weighted by molar-refractivity contribution is 8.00. The number of hydrogen-bond donors (Lipinski definition) is 1. The molecular weight excluding hydrogens is 334 g/mol. The molecule has 1 amide bonds. The molecule has 1 aromatic heterocycles. The van der Waals surface area contributed by atoms with Crippen LogP contribution in [0.3, 0.4) is 0 Å². The van der Waals surface area contributed by atoms with E-state index in [0.717, 1.165) is 23.9 Å². The molecule has 0 aliphatic carbocycles. The molecule has 5 nitrogen and oxygen atoms in total. The number of nitrogens with zero attached hydrogens (tertiary/aromatic N) is 2. The number of carbonyl (C=O) groups is 1. The van der Waals surface area contributed by atoms with Crippen molar-refractivity contribution >= 4 is 29.8 Å². The fraction of sp³-hybridized carbons (Fsp3) is 0.368. The summed E-state index contributed by atoms with van der Waals surface area (Å²) in [6.45, 7) is 3.94. The van der Waals surface area contributed by atoms with Crippen LogP contribution in [0.15, 0.2) is 56.9 Å². The number of rotatable bonds is 6. The van der Waals surface area contributed by atoms with Gasteiger partial charge in [0.2, 0.25) is 0 Å². The van der Waals surface area contributed by atoms with Gasteiger partial charge in [-0.05, 0) is 44.4 Å². The molecule has 0 unspecified atom stereocenters. The van der Waals surface area contributed by atoms with Gasteiger partial charge in [-0.1, -0.05) is 18.2 Å². The fourth-order valence-corrected chi connectivity index (χ4v) is 3.59. The Morgan fingerprint density at radius 3 is 2.72 bits per heavy atom. The summed E-state index contributed by atoms with van der Waals surface area (Å²) in [5.74, 6) is 1.39. The normalized spacial score (nSPS) is 16.1. The van der Waals surface area contributed by atoms with Crippen LogP contribution in [0.5, 0.6) is 0 Å². The Bertz CT molecular complexity index is 708. The van der Waals surface area contributed by atoms with E-state index in [2.05, 4.69) is 15.4 Å². The third-order valence-corrected chi connectivity index (χ3v) is 5.18. The van der Waals surface area contributed by atoms with E-state index in [1.807, 2.05) is 49.4 Å². The Kier molecular flexibility index (Phi) is 6.17. The zero-order valence-electron chi connectivity index (χ0n) is 14.4. The predicted octanol–water partition coefficient (Wildman–Crippen LogP) is 3.90. The molecule has 1 fully saturated rings. The summed E-state index contributed by atoms with van der Waals surface area (Å²) in [5.41, 5.74) is 2.58. The number of benzene rings is 1. The zero-order chi connectivity index (χ0) is 17.5. The molecule has 0 spiro atoms. The SMILES string of the molecule is C[C@@H](Sc1ccccc1)C(=O)N/N=C\c1ccc(N2CCCCC2)o1. The summed E-state index contributed by atoms with van der Waals surface area (Å²) in [6, 6.07) is 13.7. The highest BCUT2D eigenvalue weighted by Gasteiger charge is 2.15. The van der Waals surface area contributed by atoms with Gasteiger partial charge in [0.05, 0.1) is 11.5 Å². The first kappa shape index (κ1) is 17.6. The Hall–Kier alpha value is -2.21. The summed E-state index contributed by atoms with van der Waals surface area (Å²) in [6.07, 6.45) is 5.25. The van der Waals surface area contributed by atoms with Gasteiger partial charge in [-0.15, -0.1) is 11.8 Å². The van der Waals surface area contributed by atoms with Crippen molar-refractivity contribution in [1.29, 1.82) is 0 Å². The number of amides is 1. The lowest BCUT2D eigenvalue weighted by Crippen LogP contribution is -2.28. The number of carbonyl (C=O) groups excluding carboxylic acids is 1. The lowest BCUT2D eigenvalue weighted by molar-refractivity contribution is -0.120. The Balaban J connectivity index is 1.49. The molecule has 3 rings (SSSR count). The Morgan fingerprint density at radius 2 is 1.96 bits per heavy atom. The minimum absolute atomic E-state index is 0.132. The van der Waals surface area contributed by atoms with Crippen molar-refractivity contribution in [2.75, 3.05) is 18.0 Å². The smallest absolute Gasteiger partial charge is 0.253 e. The van der Waals surface area contributed by atoms with E-state index in [0.29, 0.717) is 5.76 Å². The number of piperidine rings is 1. The highest BCUT2D eigenvalue weighted by Crippen LogP contribution is 2.23. The molecule has 0 radical (unpaired) electrons. The number of hydrazone groups is 1. The standard InChI is InChI=1S/C19H23N3O2S/c1-15(25-17-8-4-2-5-9-17)19(23)21-20-14-16-10-11-18(24-16)22-12-6-3-7-13-22/h2,4-5,8-11,14-15H,3,6-7,12-13H2,1H3,(H,21,23)/b20-14-/t15-/m1/s1. The van der Waals surface area contributed by atoms with E-state index in [-0.39, 0.29) is 11.2 Å². The molecule has 0 bridgehead atoms. The second-order valence-corrected chi connectivity index (χ2v) is 7.45. The van der Waals surface area contributed by atoms with Crippen LogP contribution in [0, 0.1) is 0 Å². The minimum Gasteiger partial charge on any atom is -0.440 e. The van der Waals surface area contributed by atoms with Gasteiger partial charge in [-0.25, -0.2) is 5.43 Å². The highest BCUT2D eigenvalue weighted by atomic mass is 32.2. The van der Waals surface area contributed by atoms with E-state index in [1.54, 1.807) is 6.21 Å². The van der Waals surface area contributed by atoms with Gasteiger partial charge < -0.3 is 9.32 Å². The fourth-order valence-electron chi connectivity index (χ4n) is 2.70. The molecule has 0 saturated carbocycles. The number of nitrogens with one attached hydrogen (secondary N) is 1. The van der Waals surface area contributed by atoms with Crippen LogP contribution in [-0.2, 0) is 4.79 Å². The maximum Gasteiger partial charge on any atom is 0.253 e. The molecule has 1 N–H and O–H groups in total. The molecular formula is C19H23N3O2S. The average Bonchev–Trinajstić information content (AvgIpc) is 3.12. The van der Waals surface area contributed by atoms with Gasteiger partial charge in [0, 0.05) is 24.1 Å².